The lowest BCUT2D eigenvalue weighted by Crippen LogP contribution is -2.17. The molecule has 2 aromatic carbocycles. The average Bonchev–Trinajstić information content (AvgIpc) is 3.19. The molecule has 0 spiro atoms. The Bertz CT molecular complexity index is 1310. The van der Waals surface area contributed by atoms with Crippen LogP contribution in [-0.4, -0.2) is 26.9 Å². The van der Waals surface area contributed by atoms with E-state index in [0.29, 0.717) is 43.7 Å². The number of allylic oxidation sites excluding steroid dienone is 2. The van der Waals surface area contributed by atoms with Gasteiger partial charge in [-0.05, 0) is 42.7 Å². The summed E-state index contributed by atoms with van der Waals surface area (Å²) < 4.78 is 1.59. The fourth-order valence-electron chi connectivity index (χ4n) is 3.58. The van der Waals surface area contributed by atoms with E-state index < -0.39 is 0 Å². The largest absolute Gasteiger partial charge is 0.322 e. The van der Waals surface area contributed by atoms with Crippen LogP contribution in [0.4, 0.5) is 11.5 Å². The number of hydrogen-bond donors (Lipinski definition) is 2. The van der Waals surface area contributed by atoms with Gasteiger partial charge in [-0.3, -0.25) is 14.3 Å². The summed E-state index contributed by atoms with van der Waals surface area (Å²) in [6.07, 6.45) is 3.50. The predicted octanol–water partition coefficient (Wildman–Crippen LogP) is 6.54. The van der Waals surface area contributed by atoms with Gasteiger partial charge in [-0.25, -0.2) is 0 Å². The van der Waals surface area contributed by atoms with Gasteiger partial charge in [0.1, 0.15) is 5.82 Å². The van der Waals surface area contributed by atoms with Crippen molar-refractivity contribution in [2.24, 2.45) is 7.05 Å². The fraction of sp³-hybridized carbons (Fsp3) is 0.160. The molecule has 0 unspecified atom stereocenters. The molecular formula is C25H21BrCl2N4O2. The number of aryl methyl sites for hydroxylation is 1. The van der Waals surface area contributed by atoms with E-state index in [-0.39, 0.29) is 11.8 Å². The number of nitrogens with one attached hydrogen (secondary N) is 2. The Morgan fingerprint density at radius 3 is 2.50 bits per heavy atom. The van der Waals surface area contributed by atoms with Crippen LogP contribution >= 0.6 is 39.1 Å². The van der Waals surface area contributed by atoms with Crippen molar-refractivity contribution >= 4 is 62.5 Å². The minimum Gasteiger partial charge on any atom is -0.322 e. The van der Waals surface area contributed by atoms with Crippen molar-refractivity contribution in [1.29, 1.82) is 0 Å². The number of alkyl halides is 1. The molecule has 0 saturated carbocycles. The molecule has 1 heterocycles. The molecule has 3 aromatic rings. The summed E-state index contributed by atoms with van der Waals surface area (Å²) >= 11 is 15.9. The van der Waals surface area contributed by atoms with E-state index in [1.54, 1.807) is 54.2 Å². The minimum absolute atomic E-state index is 0.238. The van der Waals surface area contributed by atoms with E-state index in [4.69, 9.17) is 23.2 Å². The number of amides is 2. The highest BCUT2D eigenvalue weighted by Crippen LogP contribution is 2.31. The number of hydrogen-bond acceptors (Lipinski definition) is 3. The third kappa shape index (κ3) is 5.27. The molecule has 1 aliphatic carbocycles. The molecule has 0 saturated heterocycles. The molecule has 6 nitrogen and oxygen atoms in total. The number of halogens is 3. The molecule has 0 bridgehead atoms. The first kappa shape index (κ1) is 24.3. The lowest BCUT2D eigenvalue weighted by atomic mass is 9.99. The van der Waals surface area contributed by atoms with Gasteiger partial charge in [-0.15, -0.1) is 0 Å². The van der Waals surface area contributed by atoms with Crippen LogP contribution in [0.5, 0.6) is 0 Å². The molecule has 0 aliphatic heterocycles. The normalized spacial score (nSPS) is 13.5. The lowest BCUT2D eigenvalue weighted by molar-refractivity contribution is -0.112. The molecule has 0 atom stereocenters. The number of rotatable bonds is 6. The van der Waals surface area contributed by atoms with Gasteiger partial charge in [-0.2, -0.15) is 5.10 Å². The van der Waals surface area contributed by atoms with Crippen molar-refractivity contribution in [2.45, 2.75) is 12.8 Å². The zero-order chi connectivity index (χ0) is 24.2. The summed E-state index contributed by atoms with van der Waals surface area (Å²) in [4.78, 5) is 25.3. The molecule has 1 aromatic heterocycles. The van der Waals surface area contributed by atoms with E-state index in [9.17, 15) is 9.59 Å². The minimum atomic E-state index is -0.314. The number of aromatic nitrogens is 2. The molecule has 0 radical (unpaired) electrons. The van der Waals surface area contributed by atoms with Crippen molar-refractivity contribution in [2.75, 3.05) is 16.0 Å². The van der Waals surface area contributed by atoms with E-state index in [0.717, 1.165) is 24.0 Å². The fourth-order valence-corrected chi connectivity index (χ4v) is 4.84. The SMILES string of the molecule is Cn1nc(-c2ccc(NC(=O)C3=CCCC(CBr)=C3Cl)cc2)cc1NC(=O)c1ccccc1Cl. The maximum Gasteiger partial charge on any atom is 0.258 e. The van der Waals surface area contributed by atoms with Gasteiger partial charge >= 0.3 is 0 Å². The number of nitrogens with zero attached hydrogens (tertiary/aromatic N) is 2. The summed E-state index contributed by atoms with van der Waals surface area (Å²) in [5.74, 6) is -0.0186. The molecule has 2 N–H and O–H groups in total. The molecule has 1 aliphatic rings. The van der Waals surface area contributed by atoms with Crippen molar-refractivity contribution in [3.8, 4) is 11.3 Å². The zero-order valence-corrected chi connectivity index (χ0v) is 21.3. The van der Waals surface area contributed by atoms with Gasteiger partial charge in [0.05, 0.1) is 26.9 Å². The van der Waals surface area contributed by atoms with E-state index >= 15 is 0 Å². The molecule has 4 rings (SSSR count). The molecule has 0 fully saturated rings. The van der Waals surface area contributed by atoms with Gasteiger partial charge in [0.2, 0.25) is 0 Å². The number of carbonyl (C=O) groups excluding carboxylic acids is 2. The summed E-state index contributed by atoms with van der Waals surface area (Å²) in [6.45, 7) is 0. The summed E-state index contributed by atoms with van der Waals surface area (Å²) in [6, 6.07) is 15.9. The maximum atomic E-state index is 12.7. The predicted molar refractivity (Wildman–Crippen MR) is 141 cm³/mol. The zero-order valence-electron chi connectivity index (χ0n) is 18.2. The molecule has 34 heavy (non-hydrogen) atoms. The number of benzene rings is 2. The van der Waals surface area contributed by atoms with Crippen LogP contribution in [0.2, 0.25) is 5.02 Å². The molecule has 9 heteroatoms. The first-order valence-electron chi connectivity index (χ1n) is 10.5. The number of anilines is 2. The van der Waals surface area contributed by atoms with Crippen molar-refractivity contribution in [1.82, 2.24) is 9.78 Å². The second kappa shape index (κ2) is 10.6. The Morgan fingerprint density at radius 2 is 1.79 bits per heavy atom. The Balaban J connectivity index is 1.46. The van der Waals surface area contributed by atoms with Gasteiger partial charge in [0, 0.05) is 29.7 Å². The van der Waals surface area contributed by atoms with Crippen LogP contribution in [0.1, 0.15) is 23.2 Å². The summed E-state index contributed by atoms with van der Waals surface area (Å²) in [7, 11) is 1.75. The van der Waals surface area contributed by atoms with E-state index in [2.05, 4.69) is 31.7 Å². The standard InChI is InChI=1S/C25H21BrCl2N4O2/c1-32-22(30-24(33)18-6-2-3-8-20(18)27)13-21(31-32)15-9-11-17(12-10-15)29-25(34)19-7-4-5-16(14-26)23(19)28/h2-3,6-13H,4-5,14H2,1H3,(H,29,34)(H,30,33). The monoisotopic (exact) mass is 558 g/mol. The molecular weight excluding hydrogens is 539 g/mol. The highest BCUT2D eigenvalue weighted by Gasteiger charge is 2.20. The maximum absolute atomic E-state index is 12.7. The Kier molecular flexibility index (Phi) is 7.56. The topological polar surface area (TPSA) is 76.0 Å². The first-order valence-corrected chi connectivity index (χ1v) is 12.4. The second-order valence-electron chi connectivity index (χ2n) is 7.71. The smallest absolute Gasteiger partial charge is 0.258 e. The average molecular weight is 560 g/mol. The molecule has 174 valence electrons. The van der Waals surface area contributed by atoms with Gasteiger partial charge < -0.3 is 10.6 Å². The Morgan fingerprint density at radius 1 is 1.06 bits per heavy atom. The summed E-state index contributed by atoms with van der Waals surface area (Å²) in [5.41, 5.74) is 4.07. The number of carbonyl (C=O) groups is 2. The van der Waals surface area contributed by atoms with Crippen LogP contribution in [0, 0.1) is 0 Å². The van der Waals surface area contributed by atoms with E-state index in [1.165, 1.54) is 0 Å². The highest BCUT2D eigenvalue weighted by atomic mass is 79.9. The van der Waals surface area contributed by atoms with Crippen molar-refractivity contribution in [3.05, 3.63) is 87.4 Å². The lowest BCUT2D eigenvalue weighted by Gasteiger charge is -2.16. The van der Waals surface area contributed by atoms with Crippen LogP contribution in [-0.2, 0) is 11.8 Å². The van der Waals surface area contributed by atoms with Gasteiger partial charge in [-0.1, -0.05) is 69.5 Å². The van der Waals surface area contributed by atoms with Gasteiger partial charge in [0.15, 0.2) is 0 Å². The quantitative estimate of drug-likeness (QED) is 0.337. The van der Waals surface area contributed by atoms with Crippen LogP contribution in [0.3, 0.4) is 0 Å². The van der Waals surface area contributed by atoms with Crippen molar-refractivity contribution in [3.63, 3.8) is 0 Å². The van der Waals surface area contributed by atoms with Crippen LogP contribution in [0.15, 0.2) is 76.9 Å². The van der Waals surface area contributed by atoms with Crippen LogP contribution in [0.25, 0.3) is 11.3 Å². The van der Waals surface area contributed by atoms with Gasteiger partial charge in [0.25, 0.3) is 11.8 Å². The van der Waals surface area contributed by atoms with E-state index in [1.807, 2.05) is 18.2 Å². The second-order valence-corrected chi connectivity index (χ2v) is 9.06. The van der Waals surface area contributed by atoms with Crippen molar-refractivity contribution < 1.29 is 9.59 Å². The summed E-state index contributed by atoms with van der Waals surface area (Å²) in [5, 5.41) is 11.8. The Labute approximate surface area is 215 Å². The van der Waals surface area contributed by atoms with Crippen LogP contribution < -0.4 is 10.6 Å². The Hall–Kier alpha value is -2.87. The molecule has 2 amide bonds. The first-order chi connectivity index (χ1) is 16.4. The highest BCUT2D eigenvalue weighted by molar-refractivity contribution is 9.09. The third-order valence-corrected chi connectivity index (χ3v) is 6.90. The third-order valence-electron chi connectivity index (χ3n) is 5.43.